The molecule has 0 fully saturated rings. The minimum absolute atomic E-state index is 0.0666. The van der Waals surface area contributed by atoms with Crippen molar-refractivity contribution in [2.45, 2.75) is 44.4 Å². The highest BCUT2D eigenvalue weighted by atomic mass is 32.2. The quantitative estimate of drug-likeness (QED) is 0.798. The van der Waals surface area contributed by atoms with Crippen LogP contribution in [0.1, 0.15) is 39.7 Å². The molecule has 1 aromatic heterocycles. The van der Waals surface area contributed by atoms with E-state index in [1.807, 2.05) is 19.1 Å². The molecule has 0 bridgehead atoms. The summed E-state index contributed by atoms with van der Waals surface area (Å²) in [6, 6.07) is 8.29. The Morgan fingerprint density at radius 1 is 1.19 bits per heavy atom. The maximum Gasteiger partial charge on any atom is 0.243 e. The SMILES string of the molecule is CCCN(CC(=O)Nc1ccon1)S(=O)(=O)c1ccc(C(C)(C)C)cc1. The molecule has 0 aliphatic rings. The Bertz CT molecular complexity index is 822. The summed E-state index contributed by atoms with van der Waals surface area (Å²) < 4.78 is 31.7. The van der Waals surface area contributed by atoms with Crippen molar-refractivity contribution in [2.24, 2.45) is 0 Å². The van der Waals surface area contributed by atoms with Gasteiger partial charge in [0.05, 0.1) is 11.4 Å². The first-order valence-corrected chi connectivity index (χ1v) is 9.89. The smallest absolute Gasteiger partial charge is 0.243 e. The van der Waals surface area contributed by atoms with Crippen LogP contribution >= 0.6 is 0 Å². The molecule has 0 aliphatic heterocycles. The van der Waals surface area contributed by atoms with Gasteiger partial charge in [-0.05, 0) is 29.5 Å². The molecule has 0 spiro atoms. The fourth-order valence-electron chi connectivity index (χ4n) is 2.43. The Hall–Kier alpha value is -2.19. The van der Waals surface area contributed by atoms with Gasteiger partial charge in [-0.15, -0.1) is 0 Å². The Labute approximate surface area is 154 Å². The second-order valence-electron chi connectivity index (χ2n) is 7.05. The third-order valence-corrected chi connectivity index (χ3v) is 5.72. The van der Waals surface area contributed by atoms with Gasteiger partial charge in [0.2, 0.25) is 15.9 Å². The van der Waals surface area contributed by atoms with E-state index in [9.17, 15) is 13.2 Å². The van der Waals surface area contributed by atoms with Gasteiger partial charge in [-0.2, -0.15) is 4.31 Å². The number of benzene rings is 1. The highest BCUT2D eigenvalue weighted by Gasteiger charge is 2.26. The van der Waals surface area contributed by atoms with Crippen LogP contribution in [0.5, 0.6) is 0 Å². The van der Waals surface area contributed by atoms with Crippen LogP contribution in [0.15, 0.2) is 46.0 Å². The first-order valence-electron chi connectivity index (χ1n) is 8.45. The number of nitrogens with one attached hydrogen (secondary N) is 1. The van der Waals surface area contributed by atoms with E-state index in [2.05, 4.69) is 35.8 Å². The van der Waals surface area contributed by atoms with Crippen LogP contribution in [0.4, 0.5) is 5.82 Å². The Morgan fingerprint density at radius 3 is 2.35 bits per heavy atom. The van der Waals surface area contributed by atoms with Crippen LogP contribution in [0.2, 0.25) is 0 Å². The van der Waals surface area contributed by atoms with Gasteiger partial charge in [0, 0.05) is 12.6 Å². The number of carbonyl (C=O) groups is 1. The summed E-state index contributed by atoms with van der Waals surface area (Å²) in [7, 11) is -3.77. The number of anilines is 1. The largest absolute Gasteiger partial charge is 0.363 e. The van der Waals surface area contributed by atoms with E-state index < -0.39 is 15.9 Å². The van der Waals surface area contributed by atoms with Crippen molar-refractivity contribution in [2.75, 3.05) is 18.4 Å². The number of aromatic nitrogens is 1. The van der Waals surface area contributed by atoms with Crippen molar-refractivity contribution in [3.8, 4) is 0 Å². The Kier molecular flexibility index (Phi) is 6.20. The monoisotopic (exact) mass is 379 g/mol. The van der Waals surface area contributed by atoms with Gasteiger partial charge in [0.25, 0.3) is 0 Å². The first kappa shape index (κ1) is 20.1. The predicted molar refractivity (Wildman–Crippen MR) is 99.3 cm³/mol. The van der Waals surface area contributed by atoms with Gasteiger partial charge < -0.3 is 9.84 Å². The van der Waals surface area contributed by atoms with Gasteiger partial charge >= 0.3 is 0 Å². The van der Waals surface area contributed by atoms with Crippen LogP contribution < -0.4 is 5.32 Å². The van der Waals surface area contributed by atoms with E-state index >= 15 is 0 Å². The van der Waals surface area contributed by atoms with Gasteiger partial charge in [0.15, 0.2) is 5.82 Å². The zero-order valence-corrected chi connectivity index (χ0v) is 16.3. The standard InChI is InChI=1S/C18H25N3O4S/c1-5-11-21(13-17(22)19-16-10-12-25-20-16)26(23,24)15-8-6-14(7-9-15)18(2,3)4/h6-10,12H,5,11,13H2,1-4H3,(H,19,20,22). The number of hydrogen-bond acceptors (Lipinski definition) is 5. The molecule has 2 aromatic rings. The van der Waals surface area contributed by atoms with Gasteiger partial charge in [0.1, 0.15) is 6.26 Å². The normalized spacial score (nSPS) is 12.3. The topological polar surface area (TPSA) is 92.5 Å². The summed E-state index contributed by atoms with van der Waals surface area (Å²) in [5, 5.41) is 6.10. The number of rotatable bonds is 7. The molecule has 0 atom stereocenters. The molecular formula is C18H25N3O4S. The van der Waals surface area contributed by atoms with Crippen LogP contribution in [-0.2, 0) is 20.2 Å². The molecular weight excluding hydrogens is 354 g/mol. The summed E-state index contributed by atoms with van der Waals surface area (Å²) >= 11 is 0. The zero-order chi connectivity index (χ0) is 19.4. The lowest BCUT2D eigenvalue weighted by Gasteiger charge is -2.22. The summed E-state index contributed by atoms with van der Waals surface area (Å²) in [6.45, 7) is 8.01. The van der Waals surface area contributed by atoms with Crippen molar-refractivity contribution in [3.05, 3.63) is 42.2 Å². The van der Waals surface area contributed by atoms with Crippen molar-refractivity contribution in [1.29, 1.82) is 0 Å². The fourth-order valence-corrected chi connectivity index (χ4v) is 3.92. The number of hydrogen-bond donors (Lipinski definition) is 1. The van der Waals surface area contributed by atoms with Crippen molar-refractivity contribution >= 4 is 21.7 Å². The minimum Gasteiger partial charge on any atom is -0.363 e. The van der Waals surface area contributed by atoms with Crippen molar-refractivity contribution < 1.29 is 17.7 Å². The predicted octanol–water partition coefficient (Wildman–Crippen LogP) is 3.01. The third kappa shape index (κ3) is 4.92. The minimum atomic E-state index is -3.77. The van der Waals surface area contributed by atoms with Crippen LogP contribution in [0, 0.1) is 0 Å². The molecule has 26 heavy (non-hydrogen) atoms. The summed E-state index contributed by atoms with van der Waals surface area (Å²) in [4.78, 5) is 12.3. The van der Waals surface area contributed by atoms with E-state index in [1.54, 1.807) is 12.1 Å². The van der Waals surface area contributed by atoms with Crippen LogP contribution in [-0.4, -0.2) is 36.9 Å². The molecule has 0 unspecified atom stereocenters. The van der Waals surface area contributed by atoms with E-state index in [4.69, 9.17) is 0 Å². The zero-order valence-electron chi connectivity index (χ0n) is 15.5. The first-order chi connectivity index (χ1) is 12.1. The molecule has 142 valence electrons. The molecule has 7 nitrogen and oxygen atoms in total. The van der Waals surface area contributed by atoms with Gasteiger partial charge in [-0.1, -0.05) is 45.0 Å². The maximum absolute atomic E-state index is 12.9. The highest BCUT2D eigenvalue weighted by molar-refractivity contribution is 7.89. The molecule has 1 amide bonds. The fraction of sp³-hybridized carbons (Fsp3) is 0.444. The summed E-state index contributed by atoms with van der Waals surface area (Å²) in [5.74, 6) is -0.222. The molecule has 1 heterocycles. The maximum atomic E-state index is 12.9. The lowest BCUT2D eigenvalue weighted by atomic mass is 9.87. The Morgan fingerprint density at radius 2 is 1.85 bits per heavy atom. The summed E-state index contributed by atoms with van der Waals surface area (Å²) in [6.07, 6.45) is 1.92. The summed E-state index contributed by atoms with van der Waals surface area (Å²) in [5.41, 5.74) is 0.977. The molecule has 0 saturated carbocycles. The molecule has 0 radical (unpaired) electrons. The Balaban J connectivity index is 2.19. The average molecular weight is 379 g/mol. The second-order valence-corrected chi connectivity index (χ2v) is 8.98. The highest BCUT2D eigenvalue weighted by Crippen LogP contribution is 2.24. The van der Waals surface area contributed by atoms with Crippen LogP contribution in [0.3, 0.4) is 0 Å². The average Bonchev–Trinajstić information content (AvgIpc) is 3.06. The number of nitrogens with zero attached hydrogens (tertiary/aromatic N) is 2. The van der Waals surface area contributed by atoms with E-state index in [-0.39, 0.29) is 29.2 Å². The molecule has 0 saturated heterocycles. The molecule has 1 aromatic carbocycles. The molecule has 1 N–H and O–H groups in total. The number of sulfonamides is 1. The third-order valence-electron chi connectivity index (χ3n) is 3.86. The van der Waals surface area contributed by atoms with Gasteiger partial charge in [-0.25, -0.2) is 8.42 Å². The van der Waals surface area contributed by atoms with Gasteiger partial charge in [-0.3, -0.25) is 4.79 Å². The lowest BCUT2D eigenvalue weighted by molar-refractivity contribution is -0.116. The second kappa shape index (κ2) is 8.01. The molecule has 8 heteroatoms. The van der Waals surface area contributed by atoms with E-state index in [0.717, 1.165) is 5.56 Å². The molecule has 2 rings (SSSR count). The van der Waals surface area contributed by atoms with Crippen LogP contribution in [0.25, 0.3) is 0 Å². The van der Waals surface area contributed by atoms with Crippen molar-refractivity contribution in [1.82, 2.24) is 9.46 Å². The van der Waals surface area contributed by atoms with E-state index in [0.29, 0.717) is 6.42 Å². The molecule has 0 aliphatic carbocycles. The number of amides is 1. The van der Waals surface area contributed by atoms with E-state index in [1.165, 1.54) is 16.6 Å². The van der Waals surface area contributed by atoms with Crippen molar-refractivity contribution in [3.63, 3.8) is 0 Å². The lowest BCUT2D eigenvalue weighted by Crippen LogP contribution is -2.38. The number of carbonyl (C=O) groups excluding carboxylic acids is 1.